The fraction of sp³-hybridized carbons (Fsp3) is 0.714. The monoisotopic (exact) mass is 174 g/mol. The van der Waals surface area contributed by atoms with Crippen LogP contribution < -0.4 is 10.6 Å². The van der Waals surface area contributed by atoms with E-state index in [1.807, 2.05) is 0 Å². The fourth-order valence-corrected chi connectivity index (χ4v) is 0.623. The lowest BCUT2D eigenvalue weighted by molar-refractivity contribution is -0.125. The number of rotatable bonds is 5. The maximum atomic E-state index is 10.7. The molecule has 0 fully saturated rings. The van der Waals surface area contributed by atoms with Crippen molar-refractivity contribution in [3.63, 3.8) is 0 Å². The number of hydrogen-bond donors (Lipinski definition) is 2. The Morgan fingerprint density at radius 3 is 2.50 bits per heavy atom. The van der Waals surface area contributed by atoms with Gasteiger partial charge in [0, 0.05) is 27.1 Å². The molecule has 0 aliphatic carbocycles. The highest BCUT2D eigenvalue weighted by atomic mass is 16.5. The van der Waals surface area contributed by atoms with Crippen LogP contribution in [0.3, 0.4) is 0 Å². The van der Waals surface area contributed by atoms with Gasteiger partial charge < -0.3 is 15.4 Å². The standard InChI is InChI=1S/C7H14N2O3/c1-8-6(10)3-4-9-7(11)5-12-2/h3-5H2,1-2H3,(H,8,10)(H,9,11). The van der Waals surface area contributed by atoms with E-state index in [1.165, 1.54) is 7.11 Å². The minimum atomic E-state index is -0.207. The summed E-state index contributed by atoms with van der Waals surface area (Å²) >= 11 is 0. The summed E-state index contributed by atoms with van der Waals surface area (Å²) in [6.45, 7) is 0.385. The molecule has 0 aromatic rings. The predicted octanol–water partition coefficient (Wildman–Crippen LogP) is -1.11. The Hall–Kier alpha value is -1.10. The van der Waals surface area contributed by atoms with Gasteiger partial charge >= 0.3 is 0 Å². The van der Waals surface area contributed by atoms with Crippen molar-refractivity contribution in [2.75, 3.05) is 27.3 Å². The zero-order valence-corrected chi connectivity index (χ0v) is 7.35. The largest absolute Gasteiger partial charge is 0.375 e. The van der Waals surface area contributed by atoms with E-state index in [9.17, 15) is 9.59 Å². The molecule has 0 radical (unpaired) electrons. The van der Waals surface area contributed by atoms with Crippen LogP contribution in [0.1, 0.15) is 6.42 Å². The lowest BCUT2D eigenvalue weighted by atomic mass is 10.4. The molecule has 0 aliphatic rings. The normalized spacial score (nSPS) is 9.17. The second-order valence-electron chi connectivity index (χ2n) is 2.21. The third kappa shape index (κ3) is 5.67. The molecule has 0 saturated heterocycles. The minimum absolute atomic E-state index is 0.0355. The molecule has 0 atom stereocenters. The van der Waals surface area contributed by atoms with Gasteiger partial charge in [0.2, 0.25) is 11.8 Å². The molecule has 0 aromatic heterocycles. The highest BCUT2D eigenvalue weighted by Gasteiger charge is 2.00. The molecule has 5 heteroatoms. The summed E-state index contributed by atoms with van der Waals surface area (Å²) in [6.07, 6.45) is 0.298. The molecule has 0 heterocycles. The molecule has 0 bridgehead atoms. The average molecular weight is 174 g/mol. The molecule has 70 valence electrons. The highest BCUT2D eigenvalue weighted by Crippen LogP contribution is 1.76. The number of carbonyl (C=O) groups excluding carboxylic acids is 2. The molecular formula is C7H14N2O3. The van der Waals surface area contributed by atoms with Crippen molar-refractivity contribution in [1.82, 2.24) is 10.6 Å². The number of hydrogen-bond acceptors (Lipinski definition) is 3. The highest BCUT2D eigenvalue weighted by molar-refractivity contribution is 5.79. The Morgan fingerprint density at radius 2 is 2.00 bits per heavy atom. The van der Waals surface area contributed by atoms with Crippen molar-refractivity contribution in [2.45, 2.75) is 6.42 Å². The third-order valence-corrected chi connectivity index (χ3v) is 1.23. The van der Waals surface area contributed by atoms with E-state index in [0.717, 1.165) is 0 Å². The summed E-state index contributed by atoms with van der Waals surface area (Å²) in [4.78, 5) is 21.4. The number of carbonyl (C=O) groups is 2. The first kappa shape index (κ1) is 10.9. The van der Waals surface area contributed by atoms with Crippen LogP contribution in [-0.2, 0) is 14.3 Å². The van der Waals surface area contributed by atoms with Crippen LogP contribution in [0.2, 0.25) is 0 Å². The van der Waals surface area contributed by atoms with Crippen molar-refractivity contribution < 1.29 is 14.3 Å². The predicted molar refractivity (Wildman–Crippen MR) is 43.6 cm³/mol. The molecule has 0 aliphatic heterocycles. The second-order valence-corrected chi connectivity index (χ2v) is 2.21. The Labute approximate surface area is 71.5 Å². The number of ether oxygens (including phenoxy) is 1. The molecule has 0 spiro atoms. The van der Waals surface area contributed by atoms with Crippen LogP contribution in [-0.4, -0.2) is 39.1 Å². The van der Waals surface area contributed by atoms with Gasteiger partial charge in [0.1, 0.15) is 6.61 Å². The Bertz CT molecular complexity index is 159. The zero-order valence-electron chi connectivity index (χ0n) is 7.35. The van der Waals surface area contributed by atoms with Gasteiger partial charge in [0.25, 0.3) is 0 Å². The van der Waals surface area contributed by atoms with Crippen LogP contribution in [0.4, 0.5) is 0 Å². The van der Waals surface area contributed by atoms with Crippen molar-refractivity contribution in [3.05, 3.63) is 0 Å². The molecule has 5 nitrogen and oxygen atoms in total. The Morgan fingerprint density at radius 1 is 1.33 bits per heavy atom. The van der Waals surface area contributed by atoms with Crippen molar-refractivity contribution in [3.8, 4) is 0 Å². The minimum Gasteiger partial charge on any atom is -0.375 e. The third-order valence-electron chi connectivity index (χ3n) is 1.23. The van der Waals surface area contributed by atoms with Crippen molar-refractivity contribution in [2.24, 2.45) is 0 Å². The van der Waals surface area contributed by atoms with Crippen LogP contribution in [0.25, 0.3) is 0 Å². The van der Waals surface area contributed by atoms with Gasteiger partial charge in [-0.25, -0.2) is 0 Å². The van der Waals surface area contributed by atoms with Gasteiger partial charge in [-0.05, 0) is 0 Å². The van der Waals surface area contributed by atoms with E-state index >= 15 is 0 Å². The molecule has 0 rings (SSSR count). The van der Waals surface area contributed by atoms with Crippen LogP contribution in [0.15, 0.2) is 0 Å². The van der Waals surface area contributed by atoms with Gasteiger partial charge in [-0.2, -0.15) is 0 Å². The summed E-state index contributed by atoms with van der Waals surface area (Å²) < 4.78 is 4.57. The zero-order chi connectivity index (χ0) is 9.40. The molecule has 0 saturated carbocycles. The maximum Gasteiger partial charge on any atom is 0.245 e. The van der Waals surface area contributed by atoms with E-state index in [2.05, 4.69) is 15.4 Å². The van der Waals surface area contributed by atoms with Crippen molar-refractivity contribution >= 4 is 11.8 Å². The summed E-state index contributed by atoms with van der Waals surface area (Å²) in [5.74, 6) is -0.297. The van der Waals surface area contributed by atoms with Crippen LogP contribution >= 0.6 is 0 Å². The number of methoxy groups -OCH3 is 1. The van der Waals surface area contributed by atoms with Gasteiger partial charge in [-0.15, -0.1) is 0 Å². The SMILES string of the molecule is CNC(=O)CCNC(=O)COC. The van der Waals surface area contributed by atoms with Gasteiger partial charge in [-0.1, -0.05) is 0 Å². The van der Waals surface area contributed by atoms with Crippen LogP contribution in [0.5, 0.6) is 0 Å². The van der Waals surface area contributed by atoms with E-state index in [0.29, 0.717) is 13.0 Å². The molecule has 0 aromatic carbocycles. The Balaban J connectivity index is 3.30. The molecule has 2 N–H and O–H groups in total. The summed E-state index contributed by atoms with van der Waals surface area (Å²) in [5, 5.41) is 4.97. The second kappa shape index (κ2) is 6.60. The maximum absolute atomic E-state index is 10.7. The fourth-order valence-electron chi connectivity index (χ4n) is 0.623. The van der Waals surface area contributed by atoms with Gasteiger partial charge in [-0.3, -0.25) is 9.59 Å². The molecule has 12 heavy (non-hydrogen) atoms. The summed E-state index contributed by atoms with van der Waals surface area (Å²) in [5.41, 5.74) is 0. The molecule has 0 unspecified atom stereocenters. The molecular weight excluding hydrogens is 160 g/mol. The van der Waals surface area contributed by atoms with E-state index in [-0.39, 0.29) is 18.4 Å². The lowest BCUT2D eigenvalue weighted by Gasteiger charge is -2.02. The number of amides is 2. The molecule has 2 amide bonds. The summed E-state index contributed by atoms with van der Waals surface area (Å²) in [7, 11) is 3.00. The lowest BCUT2D eigenvalue weighted by Crippen LogP contribution is -2.31. The average Bonchev–Trinajstić information content (AvgIpc) is 2.04. The first-order chi connectivity index (χ1) is 5.70. The van der Waals surface area contributed by atoms with Crippen molar-refractivity contribution in [1.29, 1.82) is 0 Å². The first-order valence-corrected chi connectivity index (χ1v) is 3.67. The summed E-state index contributed by atoms with van der Waals surface area (Å²) in [6, 6.07) is 0. The Kier molecular flexibility index (Phi) is 6.00. The van der Waals surface area contributed by atoms with E-state index in [1.54, 1.807) is 7.05 Å². The van der Waals surface area contributed by atoms with E-state index < -0.39 is 0 Å². The van der Waals surface area contributed by atoms with Gasteiger partial charge in [0.15, 0.2) is 0 Å². The van der Waals surface area contributed by atoms with Gasteiger partial charge in [0.05, 0.1) is 0 Å². The van der Waals surface area contributed by atoms with Crippen LogP contribution in [0, 0.1) is 0 Å². The quantitative estimate of drug-likeness (QED) is 0.555. The van der Waals surface area contributed by atoms with E-state index in [4.69, 9.17) is 0 Å². The first-order valence-electron chi connectivity index (χ1n) is 3.67. The smallest absolute Gasteiger partial charge is 0.245 e. The number of nitrogens with one attached hydrogen (secondary N) is 2. The topological polar surface area (TPSA) is 67.4 Å².